The minimum Gasteiger partial charge on any atom is -0.444 e. The van der Waals surface area contributed by atoms with Crippen LogP contribution in [0.4, 0.5) is 11.6 Å². The Hall–Kier alpha value is -2.11. The molecule has 0 fully saturated rings. The fourth-order valence-corrected chi connectivity index (χ4v) is 1.24. The number of nitrogens with one attached hydrogen (secondary N) is 2. The molecular weight excluding hydrogens is 206 g/mol. The van der Waals surface area contributed by atoms with Crippen LogP contribution in [0.5, 0.6) is 0 Å². The Morgan fingerprint density at radius 3 is 2.75 bits per heavy atom. The van der Waals surface area contributed by atoms with E-state index in [0.29, 0.717) is 12.4 Å². The van der Waals surface area contributed by atoms with Crippen molar-refractivity contribution >= 4 is 11.6 Å². The predicted octanol–water partition coefficient (Wildman–Crippen LogP) is 1.43. The van der Waals surface area contributed by atoms with Gasteiger partial charge in [0.15, 0.2) is 0 Å². The summed E-state index contributed by atoms with van der Waals surface area (Å²) in [6, 6.07) is 1.82. The first-order chi connectivity index (χ1) is 7.78. The molecule has 0 saturated heterocycles. The van der Waals surface area contributed by atoms with Gasteiger partial charge in [0.1, 0.15) is 23.7 Å². The van der Waals surface area contributed by atoms with E-state index in [1.165, 1.54) is 6.33 Å². The average Bonchev–Trinajstić information content (AvgIpc) is 2.73. The highest BCUT2D eigenvalue weighted by atomic mass is 16.4. The van der Waals surface area contributed by atoms with E-state index in [-0.39, 0.29) is 0 Å². The van der Waals surface area contributed by atoms with E-state index in [2.05, 4.69) is 25.6 Å². The molecule has 0 radical (unpaired) electrons. The average molecular weight is 219 g/mol. The third-order valence-corrected chi connectivity index (χ3v) is 2.01. The van der Waals surface area contributed by atoms with Gasteiger partial charge >= 0.3 is 0 Å². The summed E-state index contributed by atoms with van der Waals surface area (Å²) in [4.78, 5) is 12.2. The third-order valence-electron chi connectivity index (χ3n) is 2.01. The second kappa shape index (κ2) is 4.61. The first kappa shape index (κ1) is 10.4. The third kappa shape index (κ3) is 2.47. The van der Waals surface area contributed by atoms with Gasteiger partial charge in [0.25, 0.3) is 0 Å². The molecule has 0 unspecified atom stereocenters. The molecule has 2 rings (SSSR count). The predicted molar refractivity (Wildman–Crippen MR) is 60.1 cm³/mol. The maximum absolute atomic E-state index is 5.33. The summed E-state index contributed by atoms with van der Waals surface area (Å²) in [5, 5.41) is 6.04. The number of aromatic nitrogens is 3. The van der Waals surface area contributed by atoms with Crippen LogP contribution in [0.2, 0.25) is 0 Å². The van der Waals surface area contributed by atoms with E-state index in [0.717, 1.165) is 17.4 Å². The lowest BCUT2D eigenvalue weighted by Crippen LogP contribution is -2.03. The zero-order chi connectivity index (χ0) is 11.4. The molecular formula is C10H13N5O. The maximum atomic E-state index is 5.33. The minimum absolute atomic E-state index is 0.508. The number of oxazole rings is 1. The van der Waals surface area contributed by atoms with Gasteiger partial charge in [-0.05, 0) is 6.92 Å². The number of rotatable bonds is 4. The van der Waals surface area contributed by atoms with Gasteiger partial charge < -0.3 is 15.1 Å². The largest absolute Gasteiger partial charge is 0.444 e. The van der Waals surface area contributed by atoms with Crippen LogP contribution in [0.25, 0.3) is 0 Å². The van der Waals surface area contributed by atoms with E-state index in [4.69, 9.17) is 4.42 Å². The number of anilines is 2. The zero-order valence-electron chi connectivity index (χ0n) is 9.19. The van der Waals surface area contributed by atoms with Crippen LogP contribution in [0, 0.1) is 6.92 Å². The van der Waals surface area contributed by atoms with Gasteiger partial charge in [0, 0.05) is 13.1 Å². The van der Waals surface area contributed by atoms with Crippen molar-refractivity contribution in [2.45, 2.75) is 13.5 Å². The van der Waals surface area contributed by atoms with Gasteiger partial charge in [-0.3, -0.25) is 0 Å². The summed E-state index contributed by atoms with van der Waals surface area (Å²) >= 11 is 0. The number of hydrogen-bond acceptors (Lipinski definition) is 6. The van der Waals surface area contributed by atoms with Crippen LogP contribution in [0.1, 0.15) is 11.7 Å². The zero-order valence-corrected chi connectivity index (χ0v) is 9.19. The quantitative estimate of drug-likeness (QED) is 0.810. The monoisotopic (exact) mass is 219 g/mol. The van der Waals surface area contributed by atoms with Gasteiger partial charge in [0.2, 0.25) is 5.89 Å². The molecule has 0 amide bonds. The number of aryl methyl sites for hydroxylation is 1. The Bertz CT molecular complexity index is 468. The van der Waals surface area contributed by atoms with Crippen LogP contribution >= 0.6 is 0 Å². The van der Waals surface area contributed by atoms with E-state index in [1.54, 1.807) is 6.20 Å². The van der Waals surface area contributed by atoms with Crippen molar-refractivity contribution in [3.63, 3.8) is 0 Å². The summed E-state index contributed by atoms with van der Waals surface area (Å²) < 4.78 is 5.33. The molecule has 2 aromatic rings. The van der Waals surface area contributed by atoms with Crippen molar-refractivity contribution in [2.75, 3.05) is 17.7 Å². The number of hydrogen-bond donors (Lipinski definition) is 2. The summed E-state index contributed by atoms with van der Waals surface area (Å²) in [5.41, 5.74) is 0. The topological polar surface area (TPSA) is 75.9 Å². The lowest BCUT2D eigenvalue weighted by molar-refractivity contribution is 0.479. The van der Waals surface area contributed by atoms with Crippen LogP contribution in [-0.4, -0.2) is 22.0 Å². The van der Waals surface area contributed by atoms with Crippen molar-refractivity contribution in [2.24, 2.45) is 0 Å². The molecule has 2 aromatic heterocycles. The second-order valence-corrected chi connectivity index (χ2v) is 3.26. The molecule has 0 aromatic carbocycles. The van der Waals surface area contributed by atoms with Crippen molar-refractivity contribution in [3.8, 4) is 0 Å². The normalized spacial score (nSPS) is 10.1. The highest BCUT2D eigenvalue weighted by Crippen LogP contribution is 2.09. The highest BCUT2D eigenvalue weighted by molar-refractivity contribution is 5.45. The lowest BCUT2D eigenvalue weighted by Gasteiger charge is -2.04. The van der Waals surface area contributed by atoms with Crippen LogP contribution in [-0.2, 0) is 6.54 Å². The highest BCUT2D eigenvalue weighted by Gasteiger charge is 2.01. The summed E-state index contributed by atoms with van der Waals surface area (Å²) in [6.07, 6.45) is 3.19. The fraction of sp³-hybridized carbons (Fsp3) is 0.300. The first-order valence-corrected chi connectivity index (χ1v) is 4.93. The van der Waals surface area contributed by atoms with Crippen LogP contribution in [0.15, 0.2) is 23.0 Å². The Labute approximate surface area is 93.1 Å². The molecule has 0 atom stereocenters. The Kier molecular flexibility index (Phi) is 3.00. The molecule has 0 saturated carbocycles. The molecule has 0 aliphatic heterocycles. The molecule has 0 spiro atoms. The van der Waals surface area contributed by atoms with Gasteiger partial charge in [-0.2, -0.15) is 0 Å². The minimum atomic E-state index is 0.508. The van der Waals surface area contributed by atoms with Crippen molar-refractivity contribution in [1.82, 2.24) is 15.0 Å². The maximum Gasteiger partial charge on any atom is 0.213 e. The first-order valence-electron chi connectivity index (χ1n) is 4.93. The number of nitrogens with zero attached hydrogens (tertiary/aromatic N) is 3. The molecule has 84 valence electrons. The van der Waals surface area contributed by atoms with E-state index in [9.17, 15) is 0 Å². The van der Waals surface area contributed by atoms with Crippen LogP contribution < -0.4 is 10.6 Å². The van der Waals surface area contributed by atoms with Gasteiger partial charge in [-0.25, -0.2) is 15.0 Å². The van der Waals surface area contributed by atoms with Crippen molar-refractivity contribution in [3.05, 3.63) is 30.2 Å². The Morgan fingerprint density at radius 1 is 1.25 bits per heavy atom. The van der Waals surface area contributed by atoms with Crippen LogP contribution in [0.3, 0.4) is 0 Å². The molecule has 0 aliphatic carbocycles. The standard InChI is InChI=1S/C10H13N5O/c1-7-4-13-10(16-7)5-12-9-3-8(11-2)14-6-15-9/h3-4,6H,5H2,1-2H3,(H2,11,12,14,15). The SMILES string of the molecule is CNc1cc(NCc2ncc(C)o2)ncn1. The molecule has 0 aliphatic rings. The molecule has 16 heavy (non-hydrogen) atoms. The van der Waals surface area contributed by atoms with Crippen molar-refractivity contribution in [1.29, 1.82) is 0 Å². The van der Waals surface area contributed by atoms with E-state index < -0.39 is 0 Å². The molecule has 0 bridgehead atoms. The van der Waals surface area contributed by atoms with E-state index in [1.807, 2.05) is 20.0 Å². The van der Waals surface area contributed by atoms with Gasteiger partial charge in [0.05, 0.1) is 12.7 Å². The molecule has 2 N–H and O–H groups in total. The molecule has 6 nitrogen and oxygen atoms in total. The summed E-state index contributed by atoms with van der Waals surface area (Å²) in [7, 11) is 1.81. The molecule has 2 heterocycles. The Morgan fingerprint density at radius 2 is 2.06 bits per heavy atom. The summed E-state index contributed by atoms with van der Waals surface area (Å²) in [5.74, 6) is 2.94. The van der Waals surface area contributed by atoms with Gasteiger partial charge in [-0.1, -0.05) is 0 Å². The van der Waals surface area contributed by atoms with Crippen molar-refractivity contribution < 1.29 is 4.42 Å². The summed E-state index contributed by atoms with van der Waals surface area (Å²) in [6.45, 7) is 2.37. The van der Waals surface area contributed by atoms with E-state index >= 15 is 0 Å². The molecule has 6 heteroatoms. The van der Waals surface area contributed by atoms with Gasteiger partial charge in [-0.15, -0.1) is 0 Å². The fourth-order valence-electron chi connectivity index (χ4n) is 1.24. The second-order valence-electron chi connectivity index (χ2n) is 3.26. The Balaban J connectivity index is 1.99. The smallest absolute Gasteiger partial charge is 0.213 e. The lowest BCUT2D eigenvalue weighted by atomic mass is 10.5.